The van der Waals surface area contributed by atoms with E-state index in [1.54, 1.807) is 21.0 Å². The van der Waals surface area contributed by atoms with Gasteiger partial charge in [0.2, 0.25) is 5.76 Å². The lowest BCUT2D eigenvalue weighted by molar-refractivity contribution is 0.0480. The minimum absolute atomic E-state index is 0.0951. The maximum Gasteiger partial charge on any atom is 0.376 e. The van der Waals surface area contributed by atoms with Crippen LogP contribution >= 0.6 is 11.6 Å². The van der Waals surface area contributed by atoms with Crippen molar-refractivity contribution < 1.29 is 23.5 Å². The van der Waals surface area contributed by atoms with Crippen LogP contribution in [0, 0.1) is 6.92 Å². The number of piperidine rings is 1. The minimum atomic E-state index is -0.539. The number of halogens is 1. The smallest absolute Gasteiger partial charge is 0.376 e. The molecule has 10 nitrogen and oxygen atoms in total. The summed E-state index contributed by atoms with van der Waals surface area (Å²) in [5.74, 6) is -0.606. The summed E-state index contributed by atoms with van der Waals surface area (Å²) < 4.78 is 16.2. The zero-order valence-corrected chi connectivity index (χ0v) is 18.2. The van der Waals surface area contributed by atoms with Crippen LogP contribution in [0.1, 0.15) is 52.8 Å². The molecule has 11 heteroatoms. The number of ether oxygens (including phenoxy) is 2. The first kappa shape index (κ1) is 22.1. The van der Waals surface area contributed by atoms with E-state index in [1.165, 1.54) is 0 Å². The van der Waals surface area contributed by atoms with Gasteiger partial charge in [0.25, 0.3) is 11.9 Å². The van der Waals surface area contributed by atoms with Gasteiger partial charge in [-0.2, -0.15) is 4.98 Å². The number of aryl methyl sites for hydroxylation is 2. The standard InChI is InChI=1S/C19H26ClN5O5/c1-5-11-15(20)24-16(22-11)17(26)23-12-7-8-25(9-13(12)28-4)19-21-10(3)14(30-19)18(27)29-6-2/h12-13H,5-9H2,1-4H3,(H,22,24)(H,23,26)/t12-,13+/m0/s1. The Morgan fingerprint density at radius 2 is 2.13 bits per heavy atom. The van der Waals surface area contributed by atoms with Gasteiger partial charge in [0, 0.05) is 13.7 Å². The van der Waals surface area contributed by atoms with Crippen LogP contribution in [-0.4, -0.2) is 65.8 Å². The van der Waals surface area contributed by atoms with Crippen molar-refractivity contribution in [3.05, 3.63) is 28.1 Å². The summed E-state index contributed by atoms with van der Waals surface area (Å²) in [6.45, 7) is 6.60. The molecule has 1 amide bonds. The SMILES string of the molecule is CCOC(=O)c1oc(N2CC[C@H](NC(=O)c3nc(Cl)c(CC)[nH]3)[C@H](OC)C2)nc1C. The predicted octanol–water partition coefficient (Wildman–Crippen LogP) is 2.12. The van der Waals surface area contributed by atoms with Gasteiger partial charge in [0.1, 0.15) is 0 Å². The molecular formula is C19H26ClN5O5. The highest BCUT2D eigenvalue weighted by Crippen LogP contribution is 2.24. The lowest BCUT2D eigenvalue weighted by Gasteiger charge is -2.37. The molecule has 1 fully saturated rings. The molecule has 0 saturated carbocycles. The number of methoxy groups -OCH3 is 1. The van der Waals surface area contributed by atoms with Crippen molar-refractivity contribution >= 4 is 29.5 Å². The van der Waals surface area contributed by atoms with Crippen LogP contribution in [0.4, 0.5) is 6.01 Å². The molecule has 0 unspecified atom stereocenters. The second-order valence-corrected chi connectivity index (χ2v) is 7.29. The van der Waals surface area contributed by atoms with E-state index in [0.29, 0.717) is 42.8 Å². The fourth-order valence-electron chi connectivity index (χ4n) is 3.36. The lowest BCUT2D eigenvalue weighted by atomic mass is 10.0. The average molecular weight is 440 g/mol. The van der Waals surface area contributed by atoms with Crippen LogP contribution in [0.25, 0.3) is 0 Å². The minimum Gasteiger partial charge on any atom is -0.460 e. The Hall–Kier alpha value is -2.59. The van der Waals surface area contributed by atoms with Crippen molar-refractivity contribution in [1.29, 1.82) is 0 Å². The number of hydrogen-bond acceptors (Lipinski definition) is 8. The van der Waals surface area contributed by atoms with E-state index < -0.39 is 5.97 Å². The molecule has 3 heterocycles. The number of oxazole rings is 1. The predicted molar refractivity (Wildman–Crippen MR) is 109 cm³/mol. The number of nitrogens with one attached hydrogen (secondary N) is 2. The third-order valence-electron chi connectivity index (χ3n) is 4.99. The summed E-state index contributed by atoms with van der Waals surface area (Å²) in [5, 5.41) is 3.26. The summed E-state index contributed by atoms with van der Waals surface area (Å²) >= 11 is 6.03. The van der Waals surface area contributed by atoms with Gasteiger partial charge >= 0.3 is 5.97 Å². The molecule has 0 aliphatic carbocycles. The molecule has 1 aliphatic rings. The topological polar surface area (TPSA) is 123 Å². The number of rotatable bonds is 7. The fourth-order valence-corrected chi connectivity index (χ4v) is 3.63. The molecule has 1 aliphatic heterocycles. The van der Waals surface area contributed by atoms with E-state index in [2.05, 4.69) is 20.3 Å². The monoisotopic (exact) mass is 439 g/mol. The van der Waals surface area contributed by atoms with Gasteiger partial charge in [-0.1, -0.05) is 18.5 Å². The van der Waals surface area contributed by atoms with Crippen molar-refractivity contribution in [3.63, 3.8) is 0 Å². The second kappa shape index (κ2) is 9.48. The van der Waals surface area contributed by atoms with Gasteiger partial charge in [0.15, 0.2) is 11.0 Å². The number of aromatic nitrogens is 3. The molecule has 1 saturated heterocycles. The molecule has 0 radical (unpaired) electrons. The third-order valence-corrected chi connectivity index (χ3v) is 5.30. The van der Waals surface area contributed by atoms with Crippen LogP contribution in [0.15, 0.2) is 4.42 Å². The Balaban J connectivity index is 1.67. The number of hydrogen-bond donors (Lipinski definition) is 2. The molecule has 2 aromatic heterocycles. The molecule has 2 atom stereocenters. The molecule has 0 spiro atoms. The van der Waals surface area contributed by atoms with Crippen LogP contribution in [0.3, 0.4) is 0 Å². The highest BCUT2D eigenvalue weighted by molar-refractivity contribution is 6.30. The van der Waals surface area contributed by atoms with Crippen molar-refractivity contribution in [2.24, 2.45) is 0 Å². The highest BCUT2D eigenvalue weighted by atomic mass is 35.5. The maximum atomic E-state index is 12.6. The number of esters is 1. The average Bonchev–Trinajstić information content (AvgIpc) is 3.31. The number of imidazole rings is 1. The van der Waals surface area contributed by atoms with Crippen LogP contribution < -0.4 is 10.2 Å². The number of aromatic amines is 1. The Kier molecular flexibility index (Phi) is 6.99. The number of carbonyl (C=O) groups excluding carboxylic acids is 2. The number of H-pyrrole nitrogens is 1. The lowest BCUT2D eigenvalue weighted by Crippen LogP contribution is -2.55. The maximum absolute atomic E-state index is 12.6. The number of carbonyl (C=O) groups is 2. The van der Waals surface area contributed by atoms with Crippen molar-refractivity contribution in [3.8, 4) is 0 Å². The van der Waals surface area contributed by atoms with Crippen LogP contribution in [0.2, 0.25) is 5.15 Å². The van der Waals surface area contributed by atoms with E-state index in [-0.39, 0.29) is 36.2 Å². The Labute approximate surface area is 179 Å². The summed E-state index contributed by atoms with van der Waals surface area (Å²) in [7, 11) is 1.58. The van der Waals surface area contributed by atoms with E-state index in [1.807, 2.05) is 11.8 Å². The van der Waals surface area contributed by atoms with Crippen LogP contribution in [0.5, 0.6) is 0 Å². The number of amides is 1. The zero-order valence-electron chi connectivity index (χ0n) is 17.5. The summed E-state index contributed by atoms with van der Waals surface area (Å²) in [6, 6.07) is 0.0982. The molecular weight excluding hydrogens is 414 g/mol. The van der Waals surface area contributed by atoms with Crippen LogP contribution in [-0.2, 0) is 15.9 Å². The molecule has 3 rings (SSSR count). The van der Waals surface area contributed by atoms with Crippen molar-refractivity contribution in [2.75, 3.05) is 31.7 Å². The van der Waals surface area contributed by atoms with E-state index in [9.17, 15) is 9.59 Å². The van der Waals surface area contributed by atoms with E-state index in [4.69, 9.17) is 25.5 Å². The Morgan fingerprint density at radius 1 is 1.37 bits per heavy atom. The van der Waals surface area contributed by atoms with Gasteiger partial charge in [-0.25, -0.2) is 9.78 Å². The van der Waals surface area contributed by atoms with E-state index >= 15 is 0 Å². The van der Waals surface area contributed by atoms with E-state index in [0.717, 1.165) is 5.69 Å². The van der Waals surface area contributed by atoms with Crippen molar-refractivity contribution in [1.82, 2.24) is 20.3 Å². The number of anilines is 1. The van der Waals surface area contributed by atoms with Crippen molar-refractivity contribution in [2.45, 2.75) is 45.8 Å². The Morgan fingerprint density at radius 3 is 2.77 bits per heavy atom. The summed E-state index contributed by atoms with van der Waals surface area (Å²) in [5.41, 5.74) is 1.19. The molecule has 30 heavy (non-hydrogen) atoms. The zero-order chi connectivity index (χ0) is 21.8. The molecule has 0 aromatic carbocycles. The second-order valence-electron chi connectivity index (χ2n) is 6.93. The summed E-state index contributed by atoms with van der Waals surface area (Å²) in [4.78, 5) is 37.8. The normalized spacial score (nSPS) is 19.0. The first-order chi connectivity index (χ1) is 14.4. The molecule has 2 aromatic rings. The molecule has 0 bridgehead atoms. The molecule has 164 valence electrons. The first-order valence-electron chi connectivity index (χ1n) is 9.85. The third kappa shape index (κ3) is 4.59. The fraction of sp³-hybridized carbons (Fsp3) is 0.579. The van der Waals surface area contributed by atoms with Gasteiger partial charge < -0.3 is 29.1 Å². The van der Waals surface area contributed by atoms with Gasteiger partial charge in [0.05, 0.1) is 36.7 Å². The largest absolute Gasteiger partial charge is 0.460 e. The quantitative estimate of drug-likeness (QED) is 0.629. The summed E-state index contributed by atoms with van der Waals surface area (Å²) in [6.07, 6.45) is 0.939. The Bertz CT molecular complexity index is 911. The van der Waals surface area contributed by atoms with Gasteiger partial charge in [-0.3, -0.25) is 4.79 Å². The number of nitrogens with zero attached hydrogens (tertiary/aromatic N) is 3. The van der Waals surface area contributed by atoms with Gasteiger partial charge in [-0.15, -0.1) is 0 Å². The first-order valence-corrected chi connectivity index (χ1v) is 10.2. The molecule has 2 N–H and O–H groups in total. The highest BCUT2D eigenvalue weighted by Gasteiger charge is 2.34. The van der Waals surface area contributed by atoms with Gasteiger partial charge in [-0.05, 0) is 26.7 Å².